The van der Waals surface area contributed by atoms with Crippen molar-refractivity contribution < 1.29 is 24.0 Å². The second kappa shape index (κ2) is 16.8. The monoisotopic (exact) mass is 663 g/mol. The van der Waals surface area contributed by atoms with Crippen LogP contribution >= 0.6 is 15.9 Å². The van der Waals surface area contributed by atoms with Crippen molar-refractivity contribution in [2.24, 2.45) is 23.7 Å². The predicted molar refractivity (Wildman–Crippen MR) is 171 cm³/mol. The highest BCUT2D eigenvalue weighted by atomic mass is 79.9. The molecule has 240 valence electrons. The van der Waals surface area contributed by atoms with E-state index in [1.54, 1.807) is 0 Å². The molecule has 0 unspecified atom stereocenters. The van der Waals surface area contributed by atoms with Gasteiger partial charge in [0.05, 0.1) is 0 Å². The molecule has 5 N–H and O–H groups in total. The molecule has 0 aromatic heterocycles. The summed E-state index contributed by atoms with van der Waals surface area (Å²) in [5.41, 5.74) is 0.808. The van der Waals surface area contributed by atoms with E-state index in [-0.39, 0.29) is 30.1 Å². The van der Waals surface area contributed by atoms with Gasteiger partial charge in [0.25, 0.3) is 0 Å². The summed E-state index contributed by atoms with van der Waals surface area (Å²) in [5, 5.41) is 14.2. The molecular formula is C32H50BrN5O5. The highest BCUT2D eigenvalue weighted by Crippen LogP contribution is 2.15. The second-order valence-corrected chi connectivity index (χ2v) is 14.1. The molecule has 1 aliphatic rings. The van der Waals surface area contributed by atoms with Gasteiger partial charge in [-0.2, -0.15) is 0 Å². The Balaban J connectivity index is 2.60. The largest absolute Gasteiger partial charge is 0.343 e. The molecular weight excluding hydrogens is 614 g/mol. The standard InChI is InChI=1S/C32H50BrN5O5/c1-17(2)13-23-28(39)35-25(15-19(5)6)31(42)38-27(20(7)8)32(43)37-24(14-18(3)4)29(40)36-26(30(41)34-23)16-21-9-11-22(33)12-10-21/h9-12,17-20,23-27H,13-16H2,1-8H3,(H,34,41)(H,35,39)(H,36,40)(H,37,43)(H,38,42)/t23-,24-,25-,26-,27-/m0/s1. The Labute approximate surface area is 264 Å². The zero-order valence-corrected chi connectivity index (χ0v) is 28.3. The number of halogens is 1. The number of benzene rings is 1. The summed E-state index contributed by atoms with van der Waals surface area (Å²) >= 11 is 3.42. The van der Waals surface area contributed by atoms with Crippen LogP contribution in [0, 0.1) is 23.7 Å². The average Bonchev–Trinajstić information content (AvgIpc) is 2.89. The van der Waals surface area contributed by atoms with Gasteiger partial charge in [-0.15, -0.1) is 0 Å². The maximum Gasteiger partial charge on any atom is 0.243 e. The zero-order valence-electron chi connectivity index (χ0n) is 26.8. The van der Waals surface area contributed by atoms with Gasteiger partial charge in [-0.3, -0.25) is 24.0 Å². The van der Waals surface area contributed by atoms with Gasteiger partial charge in [0.2, 0.25) is 29.5 Å². The minimum Gasteiger partial charge on any atom is -0.343 e. The molecule has 1 fully saturated rings. The lowest BCUT2D eigenvalue weighted by molar-refractivity contribution is -0.135. The first-order valence-electron chi connectivity index (χ1n) is 15.3. The smallest absolute Gasteiger partial charge is 0.243 e. The first kappa shape index (κ1) is 36.2. The van der Waals surface area contributed by atoms with Crippen molar-refractivity contribution in [3.8, 4) is 0 Å². The van der Waals surface area contributed by atoms with E-state index in [1.807, 2.05) is 79.7 Å². The topological polar surface area (TPSA) is 146 Å². The van der Waals surface area contributed by atoms with Gasteiger partial charge in [-0.25, -0.2) is 0 Å². The van der Waals surface area contributed by atoms with E-state index in [9.17, 15) is 24.0 Å². The average molecular weight is 665 g/mol. The van der Waals surface area contributed by atoms with Crippen molar-refractivity contribution in [2.75, 3.05) is 0 Å². The van der Waals surface area contributed by atoms with E-state index in [1.165, 1.54) is 0 Å². The number of carbonyl (C=O) groups is 5. The number of amides is 5. The molecule has 0 saturated carbocycles. The molecule has 5 amide bonds. The maximum atomic E-state index is 13.8. The van der Waals surface area contributed by atoms with Gasteiger partial charge in [0.15, 0.2) is 0 Å². The van der Waals surface area contributed by atoms with Gasteiger partial charge in [-0.05, 0) is 60.6 Å². The van der Waals surface area contributed by atoms with E-state index >= 15 is 0 Å². The van der Waals surface area contributed by atoms with Crippen LogP contribution in [-0.2, 0) is 30.4 Å². The molecule has 1 aromatic carbocycles. The maximum absolute atomic E-state index is 13.8. The lowest BCUT2D eigenvalue weighted by Crippen LogP contribution is -2.59. The second-order valence-electron chi connectivity index (χ2n) is 13.2. The quantitative estimate of drug-likeness (QED) is 0.275. The molecule has 43 heavy (non-hydrogen) atoms. The van der Waals surface area contributed by atoms with E-state index in [2.05, 4.69) is 42.5 Å². The van der Waals surface area contributed by atoms with Crippen LogP contribution in [0.4, 0.5) is 0 Å². The molecule has 1 aromatic rings. The number of rotatable bonds is 9. The Morgan fingerprint density at radius 3 is 1.28 bits per heavy atom. The summed E-state index contributed by atoms with van der Waals surface area (Å²) in [6, 6.07) is 2.68. The van der Waals surface area contributed by atoms with Crippen LogP contribution in [-0.4, -0.2) is 59.7 Å². The highest BCUT2D eigenvalue weighted by Gasteiger charge is 2.36. The summed E-state index contributed by atoms with van der Waals surface area (Å²) < 4.78 is 0.874. The zero-order chi connectivity index (χ0) is 32.4. The van der Waals surface area contributed by atoms with Crippen molar-refractivity contribution in [3.05, 3.63) is 34.3 Å². The van der Waals surface area contributed by atoms with E-state index in [0.29, 0.717) is 19.3 Å². The van der Waals surface area contributed by atoms with Gasteiger partial charge < -0.3 is 26.6 Å². The summed E-state index contributed by atoms with van der Waals surface area (Å²) in [6.45, 7) is 15.2. The fourth-order valence-corrected chi connectivity index (χ4v) is 5.31. The van der Waals surface area contributed by atoms with Crippen LogP contribution in [0.1, 0.15) is 80.2 Å². The minimum atomic E-state index is -1.01. The molecule has 0 spiro atoms. The molecule has 1 heterocycles. The molecule has 1 aliphatic heterocycles. The number of nitrogens with one attached hydrogen (secondary N) is 5. The fraction of sp³-hybridized carbons (Fsp3) is 0.656. The molecule has 11 heteroatoms. The third-order valence-corrected chi connectivity index (χ3v) is 7.78. The Bertz CT molecular complexity index is 1120. The van der Waals surface area contributed by atoms with Gasteiger partial charge >= 0.3 is 0 Å². The summed E-state index contributed by atoms with van der Waals surface area (Å²) in [7, 11) is 0. The first-order chi connectivity index (χ1) is 20.1. The number of hydrogen-bond donors (Lipinski definition) is 5. The Hall–Kier alpha value is -2.95. The van der Waals surface area contributed by atoms with Gasteiger partial charge in [0, 0.05) is 10.9 Å². The summed E-state index contributed by atoms with van der Waals surface area (Å²) in [6.07, 6.45) is 1.18. The molecule has 0 radical (unpaired) electrons. The Morgan fingerprint density at radius 1 is 0.535 bits per heavy atom. The summed E-state index contributed by atoms with van der Waals surface area (Å²) in [4.78, 5) is 68.1. The van der Waals surface area contributed by atoms with Crippen LogP contribution in [0.3, 0.4) is 0 Å². The summed E-state index contributed by atoms with van der Waals surface area (Å²) in [5.74, 6) is -2.63. The normalized spacial score (nSPS) is 24.7. The van der Waals surface area contributed by atoms with Crippen LogP contribution in [0.15, 0.2) is 28.7 Å². The first-order valence-corrected chi connectivity index (χ1v) is 16.1. The third-order valence-electron chi connectivity index (χ3n) is 7.25. The van der Waals surface area contributed by atoms with Crippen molar-refractivity contribution in [2.45, 2.75) is 111 Å². The van der Waals surface area contributed by atoms with Crippen LogP contribution < -0.4 is 26.6 Å². The van der Waals surface area contributed by atoms with Gasteiger partial charge in [-0.1, -0.05) is 83.5 Å². The highest BCUT2D eigenvalue weighted by molar-refractivity contribution is 9.10. The van der Waals surface area contributed by atoms with Crippen molar-refractivity contribution in [3.63, 3.8) is 0 Å². The molecule has 2 rings (SSSR count). The molecule has 10 nitrogen and oxygen atoms in total. The predicted octanol–water partition coefficient (Wildman–Crippen LogP) is 3.22. The van der Waals surface area contributed by atoms with Crippen LogP contribution in [0.2, 0.25) is 0 Å². The third kappa shape index (κ3) is 11.9. The fourth-order valence-electron chi connectivity index (χ4n) is 5.04. The number of hydrogen-bond acceptors (Lipinski definition) is 5. The minimum absolute atomic E-state index is 0.0524. The SMILES string of the molecule is CC(C)C[C@@H]1NC(=O)[C@H](Cc2ccc(Br)cc2)NC(=O)[C@H](CC(C)C)NC(=O)[C@H](C(C)C)NC(=O)[C@H](CC(C)C)NC1=O. The molecule has 0 aliphatic carbocycles. The Kier molecular flexibility index (Phi) is 14.1. The number of carbonyl (C=O) groups excluding carboxylic acids is 5. The lowest BCUT2D eigenvalue weighted by atomic mass is 9.98. The van der Waals surface area contributed by atoms with Crippen molar-refractivity contribution >= 4 is 45.5 Å². The van der Waals surface area contributed by atoms with Crippen LogP contribution in [0.5, 0.6) is 0 Å². The van der Waals surface area contributed by atoms with E-state index in [4.69, 9.17) is 0 Å². The molecule has 1 saturated heterocycles. The van der Waals surface area contributed by atoms with Crippen molar-refractivity contribution in [1.82, 2.24) is 26.6 Å². The molecule has 0 bridgehead atoms. The van der Waals surface area contributed by atoms with Crippen LogP contribution in [0.25, 0.3) is 0 Å². The van der Waals surface area contributed by atoms with Crippen molar-refractivity contribution in [1.29, 1.82) is 0 Å². The molecule has 5 atom stereocenters. The van der Waals surface area contributed by atoms with E-state index in [0.717, 1.165) is 10.0 Å². The van der Waals surface area contributed by atoms with Gasteiger partial charge in [0.1, 0.15) is 30.2 Å². The lowest BCUT2D eigenvalue weighted by Gasteiger charge is -2.28. The Morgan fingerprint density at radius 2 is 0.884 bits per heavy atom. The van der Waals surface area contributed by atoms with E-state index < -0.39 is 59.7 Å².